The van der Waals surface area contributed by atoms with E-state index >= 15 is 4.79 Å². The molecule has 334 valence electrons. The molecule has 10 atom stereocenters. The highest BCUT2D eigenvalue weighted by molar-refractivity contribution is 7.90. The Hall–Kier alpha value is -3.95. The molecule has 1 aromatic heterocycles. The second-order valence-corrected chi connectivity index (χ2v) is 21.7. The molecule has 61 heavy (non-hydrogen) atoms. The monoisotopic (exact) mass is 870 g/mol. The highest BCUT2D eigenvalue weighted by Crippen LogP contribution is 2.59. The van der Waals surface area contributed by atoms with Crippen molar-refractivity contribution in [2.24, 2.45) is 46.3 Å². The standard InChI is InChI=1S/C45H60F2N4O9S/c1-6-28-36-23-51(38(28)35(52)22-45(21-31(45)40(46)47)43(55)50-61(56,57)27-15-16-27)42(54)30(44(2,3)4)20-37(53)60-39-25-13-12-24(18-25)29(39)10-8-7-9-11-33-41(59-36)49-34-19-26(58-5)14-17-32(34)48-33/h14,17,19,24-25,27-31,36,38-40H,6-13,15-16,18,20-23H2,1-5H3,(H,50,55)/t24-,25+,28-,29-,30-,31+,36+,38+,39-,45-/m1/s1. The van der Waals surface area contributed by atoms with Gasteiger partial charge in [-0.3, -0.25) is 23.9 Å². The molecule has 13 nitrogen and oxygen atoms in total. The fourth-order valence-corrected chi connectivity index (χ4v) is 12.5. The molecule has 5 fully saturated rings. The predicted octanol–water partition coefficient (Wildman–Crippen LogP) is 6.59. The Kier molecular flexibility index (Phi) is 11.9. The summed E-state index contributed by atoms with van der Waals surface area (Å²) in [6.07, 6.45) is 3.03. The minimum Gasteiger partial charge on any atom is -0.497 e. The summed E-state index contributed by atoms with van der Waals surface area (Å²) in [5.74, 6) is -4.00. The number of halogens is 2. The molecule has 1 aromatic carbocycles. The highest BCUT2D eigenvalue weighted by atomic mass is 32.2. The van der Waals surface area contributed by atoms with Gasteiger partial charge in [-0.15, -0.1) is 0 Å². The first-order chi connectivity index (χ1) is 28.9. The average molecular weight is 871 g/mol. The molecule has 4 aliphatic carbocycles. The zero-order chi connectivity index (χ0) is 43.6. The smallest absolute Gasteiger partial charge is 0.306 e. The molecular weight excluding hydrogens is 811 g/mol. The van der Waals surface area contributed by atoms with Gasteiger partial charge in [0.25, 0.3) is 0 Å². The van der Waals surface area contributed by atoms with E-state index in [4.69, 9.17) is 24.2 Å². The van der Waals surface area contributed by atoms with E-state index in [1.807, 2.05) is 44.5 Å². The van der Waals surface area contributed by atoms with Crippen molar-refractivity contribution in [3.05, 3.63) is 23.9 Å². The highest BCUT2D eigenvalue weighted by Gasteiger charge is 2.66. The van der Waals surface area contributed by atoms with Crippen LogP contribution in [0.2, 0.25) is 0 Å². The van der Waals surface area contributed by atoms with Crippen LogP contribution in [0.3, 0.4) is 0 Å². The number of benzene rings is 1. The van der Waals surface area contributed by atoms with E-state index in [0.717, 1.165) is 44.9 Å². The van der Waals surface area contributed by atoms with E-state index in [0.29, 0.717) is 54.1 Å². The summed E-state index contributed by atoms with van der Waals surface area (Å²) in [5, 5.41) is -0.781. The number of hydrogen-bond acceptors (Lipinski definition) is 11. The largest absolute Gasteiger partial charge is 0.497 e. The summed E-state index contributed by atoms with van der Waals surface area (Å²) < 4.78 is 75.2. The zero-order valence-electron chi connectivity index (χ0n) is 35.9. The summed E-state index contributed by atoms with van der Waals surface area (Å²) in [6, 6.07) is 4.17. The Labute approximate surface area is 356 Å². The normalized spacial score (nSPS) is 33.3. The molecule has 2 aromatic rings. The van der Waals surface area contributed by atoms with E-state index in [9.17, 15) is 31.6 Å². The average Bonchev–Trinajstić information content (AvgIpc) is 4.08. The number of fused-ring (bicyclic) bond motifs is 9. The van der Waals surface area contributed by atoms with Gasteiger partial charge in [-0.2, -0.15) is 0 Å². The number of methoxy groups -OCH3 is 1. The van der Waals surface area contributed by atoms with Gasteiger partial charge in [0, 0.05) is 24.3 Å². The number of esters is 1. The number of alkyl halides is 2. The summed E-state index contributed by atoms with van der Waals surface area (Å²) >= 11 is 0. The van der Waals surface area contributed by atoms with Gasteiger partial charge in [0.05, 0.1) is 53.7 Å². The first kappa shape index (κ1) is 43.7. The van der Waals surface area contributed by atoms with Crippen molar-refractivity contribution in [1.29, 1.82) is 0 Å². The first-order valence-corrected chi connectivity index (χ1v) is 23.9. The maximum Gasteiger partial charge on any atom is 0.306 e. The number of ether oxygens (including phenoxy) is 3. The van der Waals surface area contributed by atoms with Gasteiger partial charge in [-0.1, -0.05) is 40.5 Å². The number of aryl methyl sites for hydroxylation is 1. The van der Waals surface area contributed by atoms with Crippen molar-refractivity contribution in [2.75, 3.05) is 13.7 Å². The van der Waals surface area contributed by atoms with Crippen LogP contribution in [0, 0.1) is 46.3 Å². The molecule has 4 bridgehead atoms. The van der Waals surface area contributed by atoms with E-state index in [1.54, 1.807) is 13.2 Å². The molecule has 6 aliphatic rings. The number of aromatic nitrogens is 2. The van der Waals surface area contributed by atoms with Crippen molar-refractivity contribution in [3.8, 4) is 11.6 Å². The molecular formula is C45H60F2N4O9S. The number of carbonyl (C=O) groups excluding carboxylic acids is 4. The third kappa shape index (κ3) is 8.59. The maximum atomic E-state index is 15.2. The third-order valence-electron chi connectivity index (χ3n) is 14.9. The van der Waals surface area contributed by atoms with E-state index < -0.39 is 92.4 Å². The summed E-state index contributed by atoms with van der Waals surface area (Å²) in [6.45, 7) is 7.33. The minimum atomic E-state index is -4.10. The Morgan fingerprint density at radius 1 is 1.02 bits per heavy atom. The SMILES string of the molecule is CC[C@@H]1[C@@H]2CN(C(=O)[C@H](C(C)(C)C)CC(=O)O[C@@H]3[C@H]4CC[C@H](C4)[C@H]3CCCCCc3nc4ccc(OC)cc4nc3O2)[C@@H]1C(=O)C[C@]1(C(=O)NS(=O)(=O)C2CC2)C[C@H]1C(F)F. The van der Waals surface area contributed by atoms with Crippen molar-refractivity contribution in [1.82, 2.24) is 19.6 Å². The lowest BCUT2D eigenvalue weighted by Gasteiger charge is -2.36. The van der Waals surface area contributed by atoms with Crippen LogP contribution in [0.15, 0.2) is 18.2 Å². The van der Waals surface area contributed by atoms with Gasteiger partial charge < -0.3 is 19.1 Å². The van der Waals surface area contributed by atoms with E-state index in [2.05, 4.69) is 0 Å². The fraction of sp³-hybridized carbons (Fsp3) is 0.733. The van der Waals surface area contributed by atoms with Crippen molar-refractivity contribution in [3.63, 3.8) is 0 Å². The van der Waals surface area contributed by atoms with Crippen LogP contribution in [0.1, 0.15) is 117 Å². The fourth-order valence-electron chi connectivity index (χ4n) is 11.1. The van der Waals surface area contributed by atoms with Crippen LogP contribution in [-0.4, -0.2) is 90.4 Å². The molecule has 1 saturated heterocycles. The molecule has 2 aliphatic heterocycles. The lowest BCUT2D eigenvalue weighted by molar-refractivity contribution is -0.161. The van der Waals surface area contributed by atoms with Gasteiger partial charge in [-0.05, 0) is 99.5 Å². The van der Waals surface area contributed by atoms with Gasteiger partial charge >= 0.3 is 5.97 Å². The van der Waals surface area contributed by atoms with Crippen LogP contribution < -0.4 is 14.2 Å². The maximum absolute atomic E-state index is 15.2. The zero-order valence-corrected chi connectivity index (χ0v) is 36.7. The molecule has 3 heterocycles. The Balaban J connectivity index is 1.17. The molecule has 16 heteroatoms. The lowest BCUT2D eigenvalue weighted by Crippen LogP contribution is -2.50. The number of carbonyl (C=O) groups is 4. The van der Waals surface area contributed by atoms with Crippen LogP contribution in [0.25, 0.3) is 11.0 Å². The Bertz CT molecular complexity index is 2160. The van der Waals surface area contributed by atoms with Crippen molar-refractivity contribution in [2.45, 2.75) is 148 Å². The number of rotatable bonds is 9. The Morgan fingerprint density at radius 3 is 2.44 bits per heavy atom. The number of nitrogens with zero attached hydrogens (tertiary/aromatic N) is 3. The van der Waals surface area contributed by atoms with Crippen molar-refractivity contribution < 1.29 is 50.6 Å². The van der Waals surface area contributed by atoms with Crippen LogP contribution >= 0.6 is 0 Å². The first-order valence-electron chi connectivity index (χ1n) is 22.3. The summed E-state index contributed by atoms with van der Waals surface area (Å²) in [7, 11) is -2.55. The summed E-state index contributed by atoms with van der Waals surface area (Å²) in [4.78, 5) is 69.1. The number of ketones is 1. The second-order valence-electron chi connectivity index (χ2n) is 19.8. The van der Waals surface area contributed by atoms with Gasteiger partial charge in [0.15, 0.2) is 5.78 Å². The minimum absolute atomic E-state index is 0.0887. The second kappa shape index (κ2) is 16.6. The van der Waals surface area contributed by atoms with Crippen LogP contribution in [0.4, 0.5) is 8.78 Å². The topological polar surface area (TPSA) is 171 Å². The van der Waals surface area contributed by atoms with Crippen molar-refractivity contribution >= 4 is 44.6 Å². The number of nitrogens with one attached hydrogen (secondary N) is 1. The van der Waals surface area contributed by atoms with Gasteiger partial charge in [-0.25, -0.2) is 27.2 Å². The predicted molar refractivity (Wildman–Crippen MR) is 220 cm³/mol. The number of amides is 2. The molecule has 4 saturated carbocycles. The molecule has 2 amide bonds. The molecule has 8 rings (SSSR count). The molecule has 0 spiro atoms. The van der Waals surface area contributed by atoms with Gasteiger partial charge in [0.1, 0.15) is 23.7 Å². The number of Topliss-reactive ketones (excluding diaryl/α,β-unsaturated/α-hetero) is 1. The lowest BCUT2D eigenvalue weighted by atomic mass is 9.77. The third-order valence-corrected chi connectivity index (χ3v) is 16.7. The van der Waals surface area contributed by atoms with Crippen LogP contribution in [-0.2, 0) is 40.4 Å². The molecule has 1 N–H and O–H groups in total. The number of sulfonamides is 1. The van der Waals surface area contributed by atoms with Gasteiger partial charge in [0.2, 0.25) is 34.1 Å². The number of hydrogen-bond donors (Lipinski definition) is 1. The van der Waals surface area contributed by atoms with E-state index in [-0.39, 0.29) is 43.2 Å². The molecule has 0 unspecified atom stereocenters. The Morgan fingerprint density at radius 2 is 1.77 bits per heavy atom. The summed E-state index contributed by atoms with van der Waals surface area (Å²) in [5.41, 5.74) is -0.928. The van der Waals surface area contributed by atoms with Crippen LogP contribution in [0.5, 0.6) is 11.6 Å². The molecule has 0 radical (unpaired) electrons. The van der Waals surface area contributed by atoms with E-state index in [1.165, 1.54) is 4.90 Å². The quantitative estimate of drug-likeness (QED) is 0.270.